The largest absolute Gasteiger partial charge is 0.497 e. The first kappa shape index (κ1) is 17.0. The van der Waals surface area contributed by atoms with Crippen LogP contribution in [0.3, 0.4) is 0 Å². The molecule has 0 aliphatic carbocycles. The van der Waals surface area contributed by atoms with Crippen molar-refractivity contribution in [3.05, 3.63) is 53.8 Å². The molecule has 0 saturated heterocycles. The van der Waals surface area contributed by atoms with Crippen molar-refractivity contribution in [3.63, 3.8) is 0 Å². The summed E-state index contributed by atoms with van der Waals surface area (Å²) in [6.07, 6.45) is 1.72. The lowest BCUT2D eigenvalue weighted by molar-refractivity contribution is -0.139. The average Bonchev–Trinajstić information content (AvgIpc) is 3.10. The van der Waals surface area contributed by atoms with Crippen LogP contribution < -0.4 is 14.9 Å². The maximum absolute atomic E-state index is 11.6. The summed E-state index contributed by atoms with van der Waals surface area (Å²) in [6.45, 7) is 0.298. The maximum Gasteiger partial charge on any atom is 0.310 e. The van der Waals surface area contributed by atoms with E-state index < -0.39 is 0 Å². The lowest BCUT2D eigenvalue weighted by Crippen LogP contribution is -2.09. The number of rotatable bonds is 6. The highest BCUT2D eigenvalue weighted by Crippen LogP contribution is 2.27. The van der Waals surface area contributed by atoms with Gasteiger partial charge in [-0.05, 0) is 23.8 Å². The molecule has 0 saturated carbocycles. The van der Waals surface area contributed by atoms with Gasteiger partial charge in [0, 0.05) is 17.0 Å². The van der Waals surface area contributed by atoms with Crippen molar-refractivity contribution in [3.8, 4) is 11.5 Å². The van der Waals surface area contributed by atoms with Crippen molar-refractivity contribution in [2.45, 2.75) is 13.0 Å². The molecule has 0 fully saturated rings. The number of carbonyl (C=O) groups excluding carboxylic acids is 1. The second kappa shape index (κ2) is 7.34. The zero-order chi connectivity index (χ0) is 17.8. The summed E-state index contributed by atoms with van der Waals surface area (Å²) in [5, 5.41) is 0.916. The third-order valence-electron chi connectivity index (χ3n) is 3.87. The van der Waals surface area contributed by atoms with Crippen molar-refractivity contribution in [1.82, 2.24) is 0 Å². The van der Waals surface area contributed by atoms with E-state index in [0.717, 1.165) is 16.5 Å². The Morgan fingerprint density at radius 3 is 2.76 bits per heavy atom. The van der Waals surface area contributed by atoms with E-state index in [4.69, 9.17) is 26.5 Å². The van der Waals surface area contributed by atoms with Gasteiger partial charge in [-0.2, -0.15) is 0 Å². The predicted octanol–water partition coefficient (Wildman–Crippen LogP) is 2.53. The molecule has 0 aliphatic rings. The molecule has 0 atom stereocenters. The molecular formula is C19H17BO5. The van der Waals surface area contributed by atoms with E-state index >= 15 is 0 Å². The molecule has 0 amide bonds. The molecule has 1 heterocycles. The minimum absolute atomic E-state index is 0.124. The Balaban J connectivity index is 1.83. The van der Waals surface area contributed by atoms with Crippen LogP contribution in [0.1, 0.15) is 11.1 Å². The zero-order valence-corrected chi connectivity index (χ0v) is 14.1. The van der Waals surface area contributed by atoms with Gasteiger partial charge in [0.1, 0.15) is 31.5 Å². The van der Waals surface area contributed by atoms with Gasteiger partial charge in [-0.25, -0.2) is 0 Å². The second-order valence-corrected chi connectivity index (χ2v) is 5.54. The number of benzene rings is 2. The van der Waals surface area contributed by atoms with Gasteiger partial charge in [0.05, 0.1) is 26.9 Å². The Morgan fingerprint density at radius 1 is 1.16 bits per heavy atom. The molecule has 6 heteroatoms. The summed E-state index contributed by atoms with van der Waals surface area (Å²) in [4.78, 5) is 11.6. The zero-order valence-electron chi connectivity index (χ0n) is 14.1. The van der Waals surface area contributed by atoms with Crippen LogP contribution in [-0.2, 0) is 22.6 Å². The topological polar surface area (TPSA) is 57.9 Å². The first-order chi connectivity index (χ1) is 12.1. The number of methoxy groups -OCH3 is 2. The standard InChI is InChI=1S/C19H17BO5/c1-22-15-4-3-13(9-18(21)23-2)17(10-15)25-11-12-7-14-5-6-24-19(14)16(20)8-12/h3-8,10H,9,11H2,1-2H3. The van der Waals surface area contributed by atoms with Crippen LogP contribution in [0.4, 0.5) is 0 Å². The first-order valence-corrected chi connectivity index (χ1v) is 7.73. The molecule has 0 N–H and O–H groups in total. The number of furan rings is 1. The van der Waals surface area contributed by atoms with Crippen LogP contribution in [0.5, 0.6) is 11.5 Å². The Kier molecular flexibility index (Phi) is 4.98. The minimum Gasteiger partial charge on any atom is -0.497 e. The smallest absolute Gasteiger partial charge is 0.310 e. The van der Waals surface area contributed by atoms with E-state index in [1.54, 1.807) is 31.6 Å². The highest BCUT2D eigenvalue weighted by molar-refractivity contribution is 6.38. The van der Waals surface area contributed by atoms with Crippen molar-refractivity contribution in [1.29, 1.82) is 0 Å². The summed E-state index contributed by atoms with van der Waals surface area (Å²) in [6, 6.07) is 10.9. The third kappa shape index (κ3) is 3.79. The molecule has 2 aromatic carbocycles. The molecule has 0 bridgehead atoms. The lowest BCUT2D eigenvalue weighted by Gasteiger charge is -2.13. The molecule has 0 unspecified atom stereocenters. The number of carbonyl (C=O) groups is 1. The molecule has 1 aromatic heterocycles. The van der Waals surface area contributed by atoms with Gasteiger partial charge >= 0.3 is 5.97 Å². The van der Waals surface area contributed by atoms with E-state index in [9.17, 15) is 4.79 Å². The fourth-order valence-electron chi connectivity index (χ4n) is 2.59. The monoisotopic (exact) mass is 336 g/mol. The fourth-order valence-corrected chi connectivity index (χ4v) is 2.59. The summed E-state index contributed by atoms with van der Waals surface area (Å²) in [5.74, 6) is 0.878. The first-order valence-electron chi connectivity index (χ1n) is 7.73. The SMILES string of the molecule is [B]c1cc(COc2cc(OC)ccc2CC(=O)OC)cc2ccoc12. The summed E-state index contributed by atoms with van der Waals surface area (Å²) in [5.41, 5.74) is 2.85. The maximum atomic E-state index is 11.6. The van der Waals surface area contributed by atoms with E-state index in [0.29, 0.717) is 29.2 Å². The molecule has 0 aliphatic heterocycles. The molecule has 25 heavy (non-hydrogen) atoms. The Morgan fingerprint density at radius 2 is 2.00 bits per heavy atom. The van der Waals surface area contributed by atoms with Gasteiger partial charge in [-0.15, -0.1) is 0 Å². The normalized spacial score (nSPS) is 10.6. The molecule has 2 radical (unpaired) electrons. The molecule has 126 valence electrons. The van der Waals surface area contributed by atoms with Gasteiger partial charge in [0.2, 0.25) is 0 Å². The third-order valence-corrected chi connectivity index (χ3v) is 3.87. The summed E-state index contributed by atoms with van der Waals surface area (Å²) >= 11 is 0. The van der Waals surface area contributed by atoms with Crippen LogP contribution in [0.2, 0.25) is 0 Å². The van der Waals surface area contributed by atoms with Crippen LogP contribution in [0.15, 0.2) is 47.1 Å². The minimum atomic E-state index is -0.334. The quantitative estimate of drug-likeness (QED) is 0.511. The van der Waals surface area contributed by atoms with Crippen LogP contribution in [0.25, 0.3) is 11.0 Å². The fraction of sp³-hybridized carbons (Fsp3) is 0.211. The Hall–Kier alpha value is -2.89. The Bertz CT molecular complexity index is 900. The van der Waals surface area contributed by atoms with Crippen LogP contribution in [0, 0.1) is 0 Å². The van der Waals surface area contributed by atoms with Gasteiger partial charge in [-0.3, -0.25) is 4.79 Å². The number of fused-ring (bicyclic) bond motifs is 1. The average molecular weight is 336 g/mol. The lowest BCUT2D eigenvalue weighted by atomic mass is 9.92. The summed E-state index contributed by atoms with van der Waals surface area (Å²) < 4.78 is 21.2. The van der Waals surface area contributed by atoms with Gasteiger partial charge in [0.15, 0.2) is 0 Å². The van der Waals surface area contributed by atoms with Crippen molar-refractivity contribution >= 4 is 30.2 Å². The molecule has 3 aromatic rings. The van der Waals surface area contributed by atoms with Crippen molar-refractivity contribution < 1.29 is 23.4 Å². The van der Waals surface area contributed by atoms with E-state index in [2.05, 4.69) is 0 Å². The second-order valence-electron chi connectivity index (χ2n) is 5.54. The van der Waals surface area contributed by atoms with Gasteiger partial charge in [0.25, 0.3) is 0 Å². The number of ether oxygens (including phenoxy) is 3. The van der Waals surface area contributed by atoms with E-state index in [1.165, 1.54) is 7.11 Å². The predicted molar refractivity (Wildman–Crippen MR) is 94.6 cm³/mol. The number of hydrogen-bond donors (Lipinski definition) is 0. The van der Waals surface area contributed by atoms with E-state index in [1.807, 2.05) is 18.2 Å². The molecule has 3 rings (SSSR count). The molecular weight excluding hydrogens is 319 g/mol. The van der Waals surface area contributed by atoms with E-state index in [-0.39, 0.29) is 12.4 Å². The Labute approximate surface area is 146 Å². The molecule has 5 nitrogen and oxygen atoms in total. The van der Waals surface area contributed by atoms with Gasteiger partial charge < -0.3 is 18.6 Å². The van der Waals surface area contributed by atoms with Gasteiger partial charge in [-0.1, -0.05) is 17.6 Å². The highest BCUT2D eigenvalue weighted by atomic mass is 16.5. The van der Waals surface area contributed by atoms with Crippen molar-refractivity contribution in [2.24, 2.45) is 0 Å². The van der Waals surface area contributed by atoms with Crippen LogP contribution >= 0.6 is 0 Å². The highest BCUT2D eigenvalue weighted by Gasteiger charge is 2.12. The number of hydrogen-bond acceptors (Lipinski definition) is 5. The van der Waals surface area contributed by atoms with Crippen LogP contribution in [-0.4, -0.2) is 28.0 Å². The van der Waals surface area contributed by atoms with Crippen molar-refractivity contribution in [2.75, 3.05) is 14.2 Å². The summed E-state index contributed by atoms with van der Waals surface area (Å²) in [7, 11) is 8.93. The number of esters is 1. The molecule has 0 spiro atoms.